The van der Waals surface area contributed by atoms with Crippen LogP contribution in [0.15, 0.2) is 18.3 Å². The number of hydrogen-bond acceptors (Lipinski definition) is 4. The van der Waals surface area contributed by atoms with Crippen molar-refractivity contribution in [2.75, 3.05) is 18.4 Å². The first-order valence-corrected chi connectivity index (χ1v) is 8.17. The minimum atomic E-state index is -0.112. The number of carbonyl (C=O) groups is 1. The molecule has 0 saturated heterocycles. The van der Waals surface area contributed by atoms with Crippen LogP contribution in [0.1, 0.15) is 55.6 Å². The van der Waals surface area contributed by atoms with Crippen LogP contribution in [0.25, 0.3) is 5.65 Å². The van der Waals surface area contributed by atoms with Crippen LogP contribution in [0.2, 0.25) is 0 Å². The number of pyridine rings is 1. The van der Waals surface area contributed by atoms with Crippen LogP contribution < -0.4 is 16.4 Å². The first kappa shape index (κ1) is 15.8. The number of anilines is 1. The van der Waals surface area contributed by atoms with E-state index in [1.165, 1.54) is 12.8 Å². The van der Waals surface area contributed by atoms with Crippen molar-refractivity contribution in [2.24, 2.45) is 5.73 Å². The summed E-state index contributed by atoms with van der Waals surface area (Å²) >= 11 is 0. The van der Waals surface area contributed by atoms with Crippen molar-refractivity contribution in [1.29, 1.82) is 0 Å². The summed E-state index contributed by atoms with van der Waals surface area (Å²) in [4.78, 5) is 16.9. The van der Waals surface area contributed by atoms with E-state index >= 15 is 0 Å². The Morgan fingerprint density at radius 3 is 2.78 bits per heavy atom. The Bertz CT molecular complexity index is 724. The molecule has 2 aromatic rings. The summed E-state index contributed by atoms with van der Waals surface area (Å²) in [7, 11) is 0. The maximum Gasteiger partial charge on any atom is 0.251 e. The molecule has 1 saturated carbocycles. The summed E-state index contributed by atoms with van der Waals surface area (Å²) in [6, 6.07) is 3.66. The van der Waals surface area contributed by atoms with Crippen LogP contribution in [0.5, 0.6) is 0 Å². The van der Waals surface area contributed by atoms with E-state index in [0.717, 1.165) is 17.2 Å². The van der Waals surface area contributed by atoms with Gasteiger partial charge in [0.1, 0.15) is 11.5 Å². The molecule has 2 heterocycles. The molecular formula is C17H25N5O. The van der Waals surface area contributed by atoms with E-state index in [9.17, 15) is 4.79 Å². The molecule has 0 aliphatic heterocycles. The van der Waals surface area contributed by atoms with Gasteiger partial charge in [0, 0.05) is 36.3 Å². The zero-order valence-corrected chi connectivity index (χ0v) is 14.0. The Morgan fingerprint density at radius 1 is 1.43 bits per heavy atom. The van der Waals surface area contributed by atoms with Gasteiger partial charge in [-0.05, 0) is 45.7 Å². The van der Waals surface area contributed by atoms with Crippen LogP contribution >= 0.6 is 0 Å². The highest BCUT2D eigenvalue weighted by Gasteiger charge is 2.31. The van der Waals surface area contributed by atoms with Crippen molar-refractivity contribution >= 4 is 17.4 Å². The van der Waals surface area contributed by atoms with Gasteiger partial charge in [0.15, 0.2) is 0 Å². The van der Waals surface area contributed by atoms with Gasteiger partial charge in [-0.1, -0.05) is 0 Å². The molecule has 0 radical (unpaired) electrons. The van der Waals surface area contributed by atoms with Crippen molar-refractivity contribution in [1.82, 2.24) is 14.7 Å². The molecule has 0 unspecified atom stereocenters. The van der Waals surface area contributed by atoms with Crippen molar-refractivity contribution in [3.63, 3.8) is 0 Å². The van der Waals surface area contributed by atoms with Crippen LogP contribution in [0, 0.1) is 0 Å². The number of carbonyl (C=O) groups excluding carboxylic acids is 1. The van der Waals surface area contributed by atoms with Crippen molar-refractivity contribution in [3.8, 4) is 0 Å². The molecule has 2 aromatic heterocycles. The summed E-state index contributed by atoms with van der Waals surface area (Å²) in [5.74, 6) is 1.47. The van der Waals surface area contributed by atoms with E-state index < -0.39 is 0 Å². The molecule has 1 fully saturated rings. The average molecular weight is 315 g/mol. The second-order valence-corrected chi connectivity index (χ2v) is 7.18. The minimum absolute atomic E-state index is 0.0449. The quantitative estimate of drug-likeness (QED) is 0.789. The lowest BCUT2D eigenvalue weighted by Crippen LogP contribution is -2.29. The van der Waals surface area contributed by atoms with Crippen LogP contribution in [0.4, 0.5) is 5.82 Å². The number of nitrogens with two attached hydrogens (primary N) is 1. The fourth-order valence-electron chi connectivity index (χ4n) is 2.61. The number of aromatic nitrogens is 2. The highest BCUT2D eigenvalue weighted by molar-refractivity contribution is 5.95. The van der Waals surface area contributed by atoms with Crippen LogP contribution in [-0.2, 0) is 0 Å². The summed E-state index contributed by atoms with van der Waals surface area (Å²) in [5.41, 5.74) is 7.91. The SMILES string of the molecule is CC(C)(C)Nc1c(C2CC2)nc2cc(C(=O)NCCN)ccn12. The molecule has 0 bridgehead atoms. The first-order chi connectivity index (χ1) is 10.9. The molecule has 6 nitrogen and oxygen atoms in total. The van der Waals surface area contributed by atoms with Gasteiger partial charge in [-0.25, -0.2) is 4.98 Å². The lowest BCUT2D eigenvalue weighted by atomic mass is 10.1. The number of rotatable bonds is 5. The Morgan fingerprint density at radius 2 is 2.17 bits per heavy atom. The summed E-state index contributed by atoms with van der Waals surface area (Å²) in [6.45, 7) is 7.32. The molecule has 124 valence electrons. The lowest BCUT2D eigenvalue weighted by molar-refractivity contribution is 0.0954. The molecule has 0 atom stereocenters. The third kappa shape index (κ3) is 3.47. The van der Waals surface area contributed by atoms with Gasteiger partial charge in [0.2, 0.25) is 0 Å². The van der Waals surface area contributed by atoms with Crippen molar-refractivity contribution in [3.05, 3.63) is 29.6 Å². The number of nitrogens with one attached hydrogen (secondary N) is 2. The molecule has 1 amide bonds. The number of amides is 1. The third-order valence-electron chi connectivity index (χ3n) is 3.80. The molecule has 3 rings (SSSR count). The zero-order chi connectivity index (χ0) is 16.6. The molecule has 0 aromatic carbocycles. The number of hydrogen-bond donors (Lipinski definition) is 3. The monoisotopic (exact) mass is 315 g/mol. The lowest BCUT2D eigenvalue weighted by Gasteiger charge is -2.22. The van der Waals surface area contributed by atoms with Gasteiger partial charge in [-0.15, -0.1) is 0 Å². The topological polar surface area (TPSA) is 84.5 Å². The highest BCUT2D eigenvalue weighted by atomic mass is 16.1. The first-order valence-electron chi connectivity index (χ1n) is 8.17. The maximum absolute atomic E-state index is 12.1. The Kier molecular flexibility index (Phi) is 4.02. The summed E-state index contributed by atoms with van der Waals surface area (Å²) in [6.07, 6.45) is 4.29. The molecule has 0 spiro atoms. The van der Waals surface area contributed by atoms with Crippen LogP contribution in [-0.4, -0.2) is 33.9 Å². The Balaban J connectivity index is 1.98. The van der Waals surface area contributed by atoms with Crippen molar-refractivity contribution in [2.45, 2.75) is 45.1 Å². The van der Waals surface area contributed by atoms with Gasteiger partial charge in [0.25, 0.3) is 5.91 Å². The number of imidazole rings is 1. The number of nitrogens with zero attached hydrogens (tertiary/aromatic N) is 2. The predicted molar refractivity (Wildman–Crippen MR) is 91.9 cm³/mol. The van der Waals surface area contributed by atoms with Crippen LogP contribution in [0.3, 0.4) is 0 Å². The van der Waals surface area contributed by atoms with E-state index in [4.69, 9.17) is 10.7 Å². The highest BCUT2D eigenvalue weighted by Crippen LogP contribution is 2.43. The van der Waals surface area contributed by atoms with E-state index in [1.807, 2.05) is 22.7 Å². The molecule has 1 aliphatic carbocycles. The van der Waals surface area contributed by atoms with Gasteiger partial charge in [-0.3, -0.25) is 9.20 Å². The minimum Gasteiger partial charge on any atom is -0.365 e. The largest absolute Gasteiger partial charge is 0.365 e. The third-order valence-corrected chi connectivity index (χ3v) is 3.80. The van der Waals surface area contributed by atoms with Gasteiger partial charge < -0.3 is 16.4 Å². The second kappa shape index (κ2) is 5.85. The molecule has 4 N–H and O–H groups in total. The Labute approximate surface area is 136 Å². The Hall–Kier alpha value is -2.08. The fraction of sp³-hybridized carbons (Fsp3) is 0.529. The van der Waals surface area contributed by atoms with Gasteiger partial charge in [-0.2, -0.15) is 0 Å². The van der Waals surface area contributed by atoms with E-state index in [2.05, 4.69) is 31.4 Å². The fourth-order valence-corrected chi connectivity index (χ4v) is 2.61. The van der Waals surface area contributed by atoms with Gasteiger partial charge >= 0.3 is 0 Å². The summed E-state index contributed by atoms with van der Waals surface area (Å²) < 4.78 is 2.04. The smallest absolute Gasteiger partial charge is 0.251 e. The number of fused-ring (bicyclic) bond motifs is 1. The average Bonchev–Trinajstić information content (AvgIpc) is 3.27. The zero-order valence-electron chi connectivity index (χ0n) is 14.0. The van der Waals surface area contributed by atoms with Gasteiger partial charge in [0.05, 0.1) is 5.69 Å². The molecule has 23 heavy (non-hydrogen) atoms. The van der Waals surface area contributed by atoms with E-state index in [-0.39, 0.29) is 11.4 Å². The predicted octanol–water partition coefficient (Wildman–Crippen LogP) is 2.11. The summed E-state index contributed by atoms with van der Waals surface area (Å²) in [5, 5.41) is 6.35. The van der Waals surface area contributed by atoms with Crippen molar-refractivity contribution < 1.29 is 4.79 Å². The maximum atomic E-state index is 12.1. The molecular weight excluding hydrogens is 290 g/mol. The normalized spacial score (nSPS) is 15.0. The standard InChI is InChI=1S/C17H25N5O/c1-17(2,3)21-15-14(11-4-5-11)20-13-10-12(6-9-22(13)15)16(23)19-8-7-18/h6,9-11,21H,4-5,7-8,18H2,1-3H3,(H,19,23). The molecule has 6 heteroatoms. The molecule has 1 aliphatic rings. The van der Waals surface area contributed by atoms with E-state index in [1.54, 1.807) is 0 Å². The second-order valence-electron chi connectivity index (χ2n) is 7.18. The van der Waals surface area contributed by atoms with E-state index in [0.29, 0.717) is 24.6 Å².